The van der Waals surface area contributed by atoms with Crippen molar-refractivity contribution in [2.24, 2.45) is 0 Å². The molecule has 2 unspecified atom stereocenters. The molecule has 0 spiro atoms. The van der Waals surface area contributed by atoms with Gasteiger partial charge in [0.05, 0.1) is 25.0 Å². The number of nitrogens with zero attached hydrogens (tertiary/aromatic N) is 3. The molecule has 1 aromatic heterocycles. The van der Waals surface area contributed by atoms with E-state index in [0.717, 1.165) is 11.3 Å². The van der Waals surface area contributed by atoms with Gasteiger partial charge in [0.2, 0.25) is 5.91 Å². The van der Waals surface area contributed by atoms with Crippen LogP contribution in [-0.4, -0.2) is 58.1 Å². The third-order valence-electron chi connectivity index (χ3n) is 4.44. The Kier molecular flexibility index (Phi) is 5.46. The summed E-state index contributed by atoms with van der Waals surface area (Å²) in [5.74, 6) is 0.615. The first kappa shape index (κ1) is 18.3. The number of phenolic OH excluding ortho intramolecular Hbond substituents is 1. The molecule has 3 rings (SSSR count). The van der Waals surface area contributed by atoms with E-state index in [9.17, 15) is 9.90 Å². The van der Waals surface area contributed by atoms with E-state index in [2.05, 4.69) is 5.10 Å². The predicted molar refractivity (Wildman–Crippen MR) is 97.1 cm³/mol. The van der Waals surface area contributed by atoms with E-state index in [-0.39, 0.29) is 23.9 Å². The Morgan fingerprint density at radius 1 is 1.31 bits per heavy atom. The zero-order valence-corrected chi connectivity index (χ0v) is 15.4. The molecule has 26 heavy (non-hydrogen) atoms. The maximum absolute atomic E-state index is 12.4. The van der Waals surface area contributed by atoms with E-state index < -0.39 is 0 Å². The first-order chi connectivity index (χ1) is 12.5. The standard InChI is InChI=1S/C19H25N3O4/c1-13-11-21(12-14(2)26-13)19(24)7-9-22-8-6-16(20-22)15-4-5-18(25-3)17(23)10-15/h4-6,8,10,13-14,23H,7,9,11-12H2,1-3H3. The molecule has 2 heterocycles. The molecule has 1 fully saturated rings. The van der Waals surface area contributed by atoms with Gasteiger partial charge >= 0.3 is 0 Å². The Labute approximate surface area is 153 Å². The lowest BCUT2D eigenvalue weighted by atomic mass is 10.1. The van der Waals surface area contributed by atoms with Gasteiger partial charge in [-0.25, -0.2) is 0 Å². The minimum Gasteiger partial charge on any atom is -0.504 e. The van der Waals surface area contributed by atoms with Crippen molar-refractivity contribution in [1.82, 2.24) is 14.7 Å². The molecule has 1 amide bonds. The lowest BCUT2D eigenvalue weighted by Crippen LogP contribution is -2.48. The molecule has 0 bridgehead atoms. The Morgan fingerprint density at radius 3 is 2.69 bits per heavy atom. The van der Waals surface area contributed by atoms with Gasteiger partial charge in [0.1, 0.15) is 0 Å². The fourth-order valence-corrected chi connectivity index (χ4v) is 3.24. The highest BCUT2D eigenvalue weighted by molar-refractivity contribution is 5.76. The number of morpholine rings is 1. The van der Waals surface area contributed by atoms with Crippen molar-refractivity contribution in [2.45, 2.75) is 39.0 Å². The quantitative estimate of drug-likeness (QED) is 0.886. The summed E-state index contributed by atoms with van der Waals surface area (Å²) < 4.78 is 12.5. The second-order valence-electron chi connectivity index (χ2n) is 6.66. The first-order valence-corrected chi connectivity index (χ1v) is 8.80. The van der Waals surface area contributed by atoms with Crippen molar-refractivity contribution in [3.63, 3.8) is 0 Å². The number of rotatable bonds is 5. The van der Waals surface area contributed by atoms with Crippen LogP contribution in [0, 0.1) is 0 Å². The smallest absolute Gasteiger partial charge is 0.224 e. The SMILES string of the molecule is COc1ccc(-c2ccn(CCC(=O)N3CC(C)OC(C)C3)n2)cc1O. The van der Waals surface area contributed by atoms with Crippen LogP contribution >= 0.6 is 0 Å². The average molecular weight is 359 g/mol. The highest BCUT2D eigenvalue weighted by atomic mass is 16.5. The van der Waals surface area contributed by atoms with Crippen molar-refractivity contribution in [3.8, 4) is 22.8 Å². The number of phenols is 1. The van der Waals surface area contributed by atoms with Crippen LogP contribution in [0.4, 0.5) is 0 Å². The molecule has 2 atom stereocenters. The first-order valence-electron chi connectivity index (χ1n) is 8.80. The zero-order chi connectivity index (χ0) is 18.7. The van der Waals surface area contributed by atoms with Crippen LogP contribution in [-0.2, 0) is 16.1 Å². The maximum atomic E-state index is 12.4. The molecular weight excluding hydrogens is 334 g/mol. The summed E-state index contributed by atoms with van der Waals surface area (Å²) >= 11 is 0. The fraction of sp³-hybridized carbons (Fsp3) is 0.474. The zero-order valence-electron chi connectivity index (χ0n) is 15.4. The molecule has 140 valence electrons. The summed E-state index contributed by atoms with van der Waals surface area (Å²) in [6.45, 7) is 5.76. The van der Waals surface area contributed by atoms with Gasteiger partial charge in [-0.05, 0) is 38.1 Å². The summed E-state index contributed by atoms with van der Waals surface area (Å²) in [4.78, 5) is 14.3. The normalized spacial score (nSPS) is 20.2. The van der Waals surface area contributed by atoms with Crippen molar-refractivity contribution in [2.75, 3.05) is 20.2 Å². The van der Waals surface area contributed by atoms with Crippen molar-refractivity contribution < 1.29 is 19.4 Å². The largest absolute Gasteiger partial charge is 0.504 e. The lowest BCUT2D eigenvalue weighted by molar-refractivity contribution is -0.143. The molecule has 0 saturated carbocycles. The predicted octanol–water partition coefficient (Wildman–Crippen LogP) is 2.29. The number of carbonyl (C=O) groups is 1. The molecule has 1 saturated heterocycles. The topological polar surface area (TPSA) is 76.8 Å². The molecule has 1 aromatic carbocycles. The molecular formula is C19H25N3O4. The van der Waals surface area contributed by atoms with E-state index in [4.69, 9.17) is 9.47 Å². The molecule has 0 radical (unpaired) electrons. The van der Waals surface area contributed by atoms with Crippen molar-refractivity contribution in [1.29, 1.82) is 0 Å². The van der Waals surface area contributed by atoms with Gasteiger partial charge in [-0.15, -0.1) is 0 Å². The Hall–Kier alpha value is -2.54. The average Bonchev–Trinajstić information content (AvgIpc) is 3.07. The molecule has 1 aliphatic rings. The summed E-state index contributed by atoms with van der Waals surface area (Å²) in [6.07, 6.45) is 2.38. The number of hydrogen-bond acceptors (Lipinski definition) is 5. The lowest BCUT2D eigenvalue weighted by Gasteiger charge is -2.35. The van der Waals surface area contributed by atoms with Crippen LogP contribution < -0.4 is 4.74 Å². The Balaban J connectivity index is 1.60. The van der Waals surface area contributed by atoms with Crippen LogP contribution in [0.25, 0.3) is 11.3 Å². The summed E-state index contributed by atoms with van der Waals surface area (Å²) in [6, 6.07) is 7.03. The van der Waals surface area contributed by atoms with E-state index in [1.807, 2.05) is 37.1 Å². The molecule has 1 N–H and O–H groups in total. The summed E-state index contributed by atoms with van der Waals surface area (Å²) in [5, 5.41) is 14.4. The molecule has 7 heteroatoms. The highest BCUT2D eigenvalue weighted by Gasteiger charge is 2.25. The summed E-state index contributed by atoms with van der Waals surface area (Å²) in [7, 11) is 1.51. The number of aromatic hydroxyl groups is 1. The van der Waals surface area contributed by atoms with Gasteiger partial charge in [-0.1, -0.05) is 0 Å². The van der Waals surface area contributed by atoms with Gasteiger partial charge in [0.25, 0.3) is 0 Å². The third-order valence-corrected chi connectivity index (χ3v) is 4.44. The van der Waals surface area contributed by atoms with Crippen molar-refractivity contribution >= 4 is 5.91 Å². The second kappa shape index (κ2) is 7.78. The summed E-state index contributed by atoms with van der Waals surface area (Å²) in [5.41, 5.74) is 1.54. The number of ether oxygens (including phenoxy) is 2. The van der Waals surface area contributed by atoms with Gasteiger partial charge in [0, 0.05) is 37.8 Å². The molecule has 2 aromatic rings. The van der Waals surface area contributed by atoms with E-state index >= 15 is 0 Å². The number of aryl methyl sites for hydroxylation is 1. The number of methoxy groups -OCH3 is 1. The maximum Gasteiger partial charge on any atom is 0.224 e. The van der Waals surface area contributed by atoms with Gasteiger partial charge in [-0.3, -0.25) is 9.48 Å². The second-order valence-corrected chi connectivity index (χ2v) is 6.66. The number of aromatic nitrogens is 2. The van der Waals surface area contributed by atoms with Crippen LogP contribution in [0.15, 0.2) is 30.5 Å². The van der Waals surface area contributed by atoms with Gasteiger partial charge < -0.3 is 19.5 Å². The molecule has 0 aliphatic carbocycles. The minimum absolute atomic E-state index is 0.0711. The van der Waals surface area contributed by atoms with E-state index in [0.29, 0.717) is 31.8 Å². The van der Waals surface area contributed by atoms with Crippen LogP contribution in [0.5, 0.6) is 11.5 Å². The molecule has 1 aliphatic heterocycles. The van der Waals surface area contributed by atoms with Crippen LogP contribution in [0.3, 0.4) is 0 Å². The number of amides is 1. The Bertz CT molecular complexity index is 764. The van der Waals surface area contributed by atoms with Gasteiger partial charge in [-0.2, -0.15) is 5.10 Å². The van der Waals surface area contributed by atoms with Gasteiger partial charge in [0.15, 0.2) is 11.5 Å². The monoisotopic (exact) mass is 359 g/mol. The van der Waals surface area contributed by atoms with E-state index in [1.54, 1.807) is 16.8 Å². The fourth-order valence-electron chi connectivity index (χ4n) is 3.24. The Morgan fingerprint density at radius 2 is 2.04 bits per heavy atom. The minimum atomic E-state index is 0.0711. The number of hydrogen-bond donors (Lipinski definition) is 1. The van der Waals surface area contributed by atoms with E-state index in [1.165, 1.54) is 7.11 Å². The third kappa shape index (κ3) is 4.16. The highest BCUT2D eigenvalue weighted by Crippen LogP contribution is 2.30. The molecule has 7 nitrogen and oxygen atoms in total. The van der Waals surface area contributed by atoms with Crippen molar-refractivity contribution in [3.05, 3.63) is 30.5 Å². The van der Waals surface area contributed by atoms with Crippen LogP contribution in [0.1, 0.15) is 20.3 Å². The van der Waals surface area contributed by atoms with Crippen LogP contribution in [0.2, 0.25) is 0 Å². The number of benzene rings is 1. The number of carbonyl (C=O) groups excluding carboxylic acids is 1.